The molecule has 1 aliphatic rings. The fraction of sp³-hybridized carbons (Fsp3) is 0.667. The van der Waals surface area contributed by atoms with Crippen molar-refractivity contribution < 1.29 is 18.0 Å². The molecule has 1 fully saturated rings. The molecule has 2 rings (SSSR count). The highest BCUT2D eigenvalue weighted by Gasteiger charge is 2.36. The molecule has 106 valence electrons. The Labute approximate surface area is 109 Å². The molecule has 7 heteroatoms. The summed E-state index contributed by atoms with van der Waals surface area (Å²) in [5, 5.41) is 3.68. The molecule has 1 atom stereocenters. The van der Waals surface area contributed by atoms with Gasteiger partial charge in [0.25, 0.3) is 5.91 Å². The summed E-state index contributed by atoms with van der Waals surface area (Å²) in [7, 11) is 1.19. The monoisotopic (exact) mass is 275 g/mol. The number of likely N-dealkylation sites (tertiary alicyclic amines) is 1. The van der Waals surface area contributed by atoms with Crippen molar-refractivity contribution in [1.82, 2.24) is 14.7 Å². The lowest BCUT2D eigenvalue weighted by Gasteiger charge is -2.30. The Kier molecular flexibility index (Phi) is 3.56. The van der Waals surface area contributed by atoms with Crippen molar-refractivity contribution in [3.63, 3.8) is 0 Å². The molecule has 0 aromatic carbocycles. The summed E-state index contributed by atoms with van der Waals surface area (Å²) in [6, 6.07) is 0.821. The largest absolute Gasteiger partial charge is 0.433 e. The lowest BCUT2D eigenvalue weighted by Crippen LogP contribution is -2.39. The Morgan fingerprint density at radius 1 is 1.47 bits per heavy atom. The van der Waals surface area contributed by atoms with E-state index in [2.05, 4.69) is 5.10 Å². The SMILES string of the molecule is C[C@@H]1CCCN(C(=O)c2cc(C(F)(F)F)n(C)n2)C1. The number of hydrogen-bond donors (Lipinski definition) is 0. The molecular weight excluding hydrogens is 259 g/mol. The molecule has 0 N–H and O–H groups in total. The molecule has 0 bridgehead atoms. The fourth-order valence-corrected chi connectivity index (χ4v) is 2.37. The number of carbonyl (C=O) groups excluding carboxylic acids is 1. The van der Waals surface area contributed by atoms with Crippen LogP contribution in [0.25, 0.3) is 0 Å². The van der Waals surface area contributed by atoms with Gasteiger partial charge in [0.1, 0.15) is 5.69 Å². The minimum absolute atomic E-state index is 0.135. The lowest BCUT2D eigenvalue weighted by atomic mass is 10.00. The maximum Gasteiger partial charge on any atom is 0.433 e. The van der Waals surface area contributed by atoms with Crippen LogP contribution < -0.4 is 0 Å². The van der Waals surface area contributed by atoms with Crippen LogP contribution in [0.15, 0.2) is 6.07 Å². The van der Waals surface area contributed by atoms with Crippen molar-refractivity contribution in [2.75, 3.05) is 13.1 Å². The number of alkyl halides is 3. The van der Waals surface area contributed by atoms with Crippen LogP contribution in [0.5, 0.6) is 0 Å². The number of aryl methyl sites for hydroxylation is 1. The van der Waals surface area contributed by atoms with Crippen molar-refractivity contribution in [3.8, 4) is 0 Å². The summed E-state index contributed by atoms with van der Waals surface area (Å²) >= 11 is 0. The van der Waals surface area contributed by atoms with Crippen LogP contribution >= 0.6 is 0 Å². The van der Waals surface area contributed by atoms with E-state index in [1.54, 1.807) is 4.90 Å². The molecule has 4 nitrogen and oxygen atoms in total. The Hall–Kier alpha value is -1.53. The third-order valence-corrected chi connectivity index (χ3v) is 3.33. The summed E-state index contributed by atoms with van der Waals surface area (Å²) in [6.45, 7) is 3.19. The molecule has 1 saturated heterocycles. The zero-order chi connectivity index (χ0) is 14.2. The lowest BCUT2D eigenvalue weighted by molar-refractivity contribution is -0.143. The number of nitrogens with zero attached hydrogens (tertiary/aromatic N) is 3. The van der Waals surface area contributed by atoms with Gasteiger partial charge in [-0.1, -0.05) is 6.92 Å². The van der Waals surface area contributed by atoms with E-state index in [4.69, 9.17) is 0 Å². The second-order valence-corrected chi connectivity index (χ2v) is 5.03. The van der Waals surface area contributed by atoms with E-state index in [1.165, 1.54) is 7.05 Å². The van der Waals surface area contributed by atoms with Crippen LogP contribution in [-0.2, 0) is 13.2 Å². The van der Waals surface area contributed by atoms with Crippen LogP contribution in [0.3, 0.4) is 0 Å². The first kappa shape index (κ1) is 13.9. The fourth-order valence-electron chi connectivity index (χ4n) is 2.37. The van der Waals surface area contributed by atoms with Gasteiger partial charge in [-0.2, -0.15) is 18.3 Å². The Morgan fingerprint density at radius 3 is 2.68 bits per heavy atom. The summed E-state index contributed by atoms with van der Waals surface area (Å²) in [6.07, 6.45) is -2.57. The number of carbonyl (C=O) groups is 1. The van der Waals surface area contributed by atoms with E-state index < -0.39 is 17.8 Å². The number of aromatic nitrogens is 2. The molecule has 1 aromatic rings. The quantitative estimate of drug-likeness (QED) is 0.789. The first-order valence-corrected chi connectivity index (χ1v) is 6.19. The van der Waals surface area contributed by atoms with Gasteiger partial charge in [-0.05, 0) is 18.8 Å². The normalized spacial score (nSPS) is 20.7. The topological polar surface area (TPSA) is 38.1 Å². The third kappa shape index (κ3) is 2.90. The van der Waals surface area contributed by atoms with Gasteiger partial charge >= 0.3 is 6.18 Å². The van der Waals surface area contributed by atoms with Crippen LogP contribution in [0.1, 0.15) is 35.9 Å². The van der Waals surface area contributed by atoms with Crippen molar-refractivity contribution >= 4 is 5.91 Å². The van der Waals surface area contributed by atoms with Crippen LogP contribution in [0.4, 0.5) is 13.2 Å². The molecule has 0 aliphatic carbocycles. The zero-order valence-electron chi connectivity index (χ0n) is 10.9. The third-order valence-electron chi connectivity index (χ3n) is 3.33. The average Bonchev–Trinajstić information content (AvgIpc) is 2.70. The van der Waals surface area contributed by atoms with E-state index in [0.29, 0.717) is 23.7 Å². The summed E-state index contributed by atoms with van der Waals surface area (Å²) in [4.78, 5) is 13.7. The molecule has 2 heterocycles. The number of hydrogen-bond acceptors (Lipinski definition) is 2. The van der Waals surface area contributed by atoms with Gasteiger partial charge in [-0.25, -0.2) is 0 Å². The van der Waals surface area contributed by atoms with E-state index >= 15 is 0 Å². The molecule has 0 saturated carbocycles. The molecule has 0 spiro atoms. The average molecular weight is 275 g/mol. The van der Waals surface area contributed by atoms with Gasteiger partial charge in [0.05, 0.1) is 0 Å². The Bertz CT molecular complexity index is 481. The van der Waals surface area contributed by atoms with E-state index in [0.717, 1.165) is 18.9 Å². The van der Waals surface area contributed by atoms with Gasteiger partial charge in [0.15, 0.2) is 5.69 Å². The second-order valence-electron chi connectivity index (χ2n) is 5.03. The highest BCUT2D eigenvalue weighted by molar-refractivity contribution is 5.92. The number of piperidine rings is 1. The second kappa shape index (κ2) is 4.86. The highest BCUT2D eigenvalue weighted by Crippen LogP contribution is 2.29. The van der Waals surface area contributed by atoms with Gasteiger partial charge in [-0.15, -0.1) is 0 Å². The van der Waals surface area contributed by atoms with Gasteiger partial charge < -0.3 is 4.90 Å². The maximum absolute atomic E-state index is 12.6. The number of rotatable bonds is 1. The Morgan fingerprint density at radius 2 is 2.16 bits per heavy atom. The van der Waals surface area contributed by atoms with E-state index in [-0.39, 0.29) is 5.69 Å². The Balaban J connectivity index is 2.20. The maximum atomic E-state index is 12.6. The molecule has 1 aromatic heterocycles. The molecule has 1 amide bonds. The van der Waals surface area contributed by atoms with E-state index in [1.807, 2.05) is 6.92 Å². The smallest absolute Gasteiger partial charge is 0.337 e. The molecule has 19 heavy (non-hydrogen) atoms. The van der Waals surface area contributed by atoms with Crippen molar-refractivity contribution in [1.29, 1.82) is 0 Å². The van der Waals surface area contributed by atoms with E-state index in [9.17, 15) is 18.0 Å². The van der Waals surface area contributed by atoms with Gasteiger partial charge in [0.2, 0.25) is 0 Å². The summed E-state index contributed by atoms with van der Waals surface area (Å²) in [5.74, 6) is -0.0406. The standard InChI is InChI=1S/C12H16F3N3O/c1-8-4-3-5-18(7-8)11(19)9-6-10(12(13,14)15)17(2)16-9/h6,8H,3-5,7H2,1-2H3/t8-/m1/s1. The van der Waals surface area contributed by atoms with Crippen molar-refractivity contribution in [2.45, 2.75) is 25.9 Å². The first-order valence-electron chi connectivity index (χ1n) is 6.19. The number of amides is 1. The van der Waals surface area contributed by atoms with Gasteiger partial charge in [0, 0.05) is 26.2 Å². The molecular formula is C12H16F3N3O. The van der Waals surface area contributed by atoms with Gasteiger partial charge in [-0.3, -0.25) is 9.48 Å². The minimum Gasteiger partial charge on any atom is -0.337 e. The first-order chi connectivity index (χ1) is 8.79. The van der Waals surface area contributed by atoms with Crippen LogP contribution in [0, 0.1) is 5.92 Å². The summed E-state index contributed by atoms with van der Waals surface area (Å²) in [5.41, 5.74) is -1.04. The predicted octanol–water partition coefficient (Wildman–Crippen LogP) is 2.31. The number of halogens is 3. The highest BCUT2D eigenvalue weighted by atomic mass is 19.4. The predicted molar refractivity (Wildman–Crippen MR) is 62.5 cm³/mol. The molecule has 0 unspecified atom stereocenters. The van der Waals surface area contributed by atoms with Crippen molar-refractivity contribution in [3.05, 3.63) is 17.5 Å². The van der Waals surface area contributed by atoms with Crippen molar-refractivity contribution in [2.24, 2.45) is 13.0 Å². The van der Waals surface area contributed by atoms with Crippen LogP contribution in [0.2, 0.25) is 0 Å². The zero-order valence-corrected chi connectivity index (χ0v) is 10.9. The summed E-state index contributed by atoms with van der Waals surface area (Å²) < 4.78 is 38.6. The molecule has 0 radical (unpaired) electrons. The minimum atomic E-state index is -4.49. The van der Waals surface area contributed by atoms with Crippen LogP contribution in [-0.4, -0.2) is 33.7 Å². The molecule has 1 aliphatic heterocycles.